The van der Waals surface area contributed by atoms with Gasteiger partial charge in [-0.05, 0) is 12.5 Å². The summed E-state index contributed by atoms with van der Waals surface area (Å²) in [5.41, 5.74) is 1.19. The molecule has 1 aliphatic rings. The molecule has 0 aromatic carbocycles. The minimum absolute atomic E-state index is 0.235. The Balaban J connectivity index is 1.99. The van der Waals surface area contributed by atoms with Crippen LogP contribution in [0.15, 0.2) is 18.3 Å². The molecule has 3 heterocycles. The molecule has 2 aromatic heterocycles. The lowest BCUT2D eigenvalue weighted by molar-refractivity contribution is -0.134. The number of carbonyl (C=O) groups is 2. The summed E-state index contributed by atoms with van der Waals surface area (Å²) < 4.78 is 1.56. The number of imide groups is 1. The van der Waals surface area contributed by atoms with Crippen molar-refractivity contribution in [3.63, 3.8) is 0 Å². The Labute approximate surface area is 107 Å². The van der Waals surface area contributed by atoms with Crippen LogP contribution in [0.3, 0.4) is 0 Å². The molecule has 18 heavy (non-hydrogen) atoms. The quantitative estimate of drug-likeness (QED) is 0.613. The lowest BCUT2D eigenvalue weighted by Gasteiger charge is -2.18. The highest BCUT2D eigenvalue weighted by Crippen LogP contribution is 2.24. The Kier molecular flexibility index (Phi) is 2.52. The van der Waals surface area contributed by atoms with E-state index in [1.54, 1.807) is 22.8 Å². The summed E-state index contributed by atoms with van der Waals surface area (Å²) >= 11 is 5.79. The van der Waals surface area contributed by atoms with Gasteiger partial charge in [-0.1, -0.05) is 11.6 Å². The zero-order valence-electron chi connectivity index (χ0n) is 9.26. The van der Waals surface area contributed by atoms with Crippen LogP contribution >= 0.6 is 11.6 Å². The van der Waals surface area contributed by atoms with Gasteiger partial charge in [0.1, 0.15) is 5.15 Å². The Morgan fingerprint density at radius 3 is 3.06 bits per heavy atom. The molecule has 0 spiro atoms. The summed E-state index contributed by atoms with van der Waals surface area (Å²) in [6, 6.07) is 3.34. The van der Waals surface area contributed by atoms with Crippen molar-refractivity contribution in [3.8, 4) is 0 Å². The van der Waals surface area contributed by atoms with Gasteiger partial charge in [0.05, 0.1) is 11.6 Å². The molecule has 7 heteroatoms. The van der Waals surface area contributed by atoms with Gasteiger partial charge in [0, 0.05) is 18.7 Å². The van der Waals surface area contributed by atoms with Crippen LogP contribution in [0.4, 0.5) is 0 Å². The van der Waals surface area contributed by atoms with E-state index in [1.807, 2.05) is 0 Å². The molecule has 2 amide bonds. The highest BCUT2D eigenvalue weighted by atomic mass is 35.5. The smallest absolute Gasteiger partial charge is 0.235 e. The fraction of sp³-hybridized carbons (Fsp3) is 0.273. The number of halogens is 1. The van der Waals surface area contributed by atoms with Crippen molar-refractivity contribution < 1.29 is 9.59 Å². The first-order chi connectivity index (χ1) is 8.63. The van der Waals surface area contributed by atoms with E-state index in [1.165, 1.54) is 0 Å². The van der Waals surface area contributed by atoms with Crippen LogP contribution in [0.5, 0.6) is 0 Å². The third-order valence-electron chi connectivity index (χ3n) is 2.91. The largest absolute Gasteiger partial charge is 0.296 e. The Morgan fingerprint density at radius 1 is 1.44 bits per heavy atom. The fourth-order valence-electron chi connectivity index (χ4n) is 2.02. The maximum atomic E-state index is 11.7. The van der Waals surface area contributed by atoms with Gasteiger partial charge in [-0.15, -0.1) is 0 Å². The predicted octanol–water partition coefficient (Wildman–Crippen LogP) is 0.903. The minimum Gasteiger partial charge on any atom is -0.296 e. The molecule has 1 atom stereocenters. The van der Waals surface area contributed by atoms with E-state index in [0.29, 0.717) is 29.3 Å². The molecular formula is C11H9ClN4O2. The van der Waals surface area contributed by atoms with Gasteiger partial charge >= 0.3 is 0 Å². The number of hydrogen-bond donors (Lipinski definition) is 1. The standard InChI is InChI=1S/C11H9ClN4O2/c12-8-3-4-16-9(13-8)5-7(15-16)6-1-2-10(17)14-11(6)18/h3-6H,1-2H2,(H,14,17,18). The highest BCUT2D eigenvalue weighted by Gasteiger charge is 2.30. The fourth-order valence-corrected chi connectivity index (χ4v) is 2.16. The number of piperidine rings is 1. The zero-order valence-corrected chi connectivity index (χ0v) is 10.0. The zero-order chi connectivity index (χ0) is 12.7. The number of nitrogens with one attached hydrogen (secondary N) is 1. The number of nitrogens with zero attached hydrogens (tertiary/aromatic N) is 3. The summed E-state index contributed by atoms with van der Waals surface area (Å²) in [4.78, 5) is 26.9. The number of aromatic nitrogens is 3. The van der Waals surface area contributed by atoms with Crippen LogP contribution in [0, 0.1) is 0 Å². The van der Waals surface area contributed by atoms with E-state index in [2.05, 4.69) is 15.4 Å². The predicted molar refractivity (Wildman–Crippen MR) is 63.1 cm³/mol. The second-order valence-electron chi connectivity index (χ2n) is 4.13. The second-order valence-corrected chi connectivity index (χ2v) is 4.51. The second kappa shape index (κ2) is 4.06. The first-order valence-corrected chi connectivity index (χ1v) is 5.87. The maximum Gasteiger partial charge on any atom is 0.235 e. The summed E-state index contributed by atoms with van der Waals surface area (Å²) in [7, 11) is 0. The Hall–Kier alpha value is -1.95. The van der Waals surface area contributed by atoms with Crippen LogP contribution in [-0.4, -0.2) is 26.4 Å². The van der Waals surface area contributed by atoms with E-state index in [-0.39, 0.29) is 11.8 Å². The molecule has 1 fully saturated rings. The molecule has 0 saturated carbocycles. The first-order valence-electron chi connectivity index (χ1n) is 5.49. The summed E-state index contributed by atoms with van der Waals surface area (Å²) in [6.07, 6.45) is 2.49. The minimum atomic E-state index is -0.400. The highest BCUT2D eigenvalue weighted by molar-refractivity contribution is 6.29. The third kappa shape index (κ3) is 1.84. The van der Waals surface area contributed by atoms with Crippen molar-refractivity contribution in [2.75, 3.05) is 0 Å². The molecule has 0 radical (unpaired) electrons. The molecule has 6 nitrogen and oxygen atoms in total. The van der Waals surface area contributed by atoms with Gasteiger partial charge in [-0.2, -0.15) is 5.10 Å². The van der Waals surface area contributed by atoms with Gasteiger partial charge < -0.3 is 0 Å². The van der Waals surface area contributed by atoms with Crippen LogP contribution in [0.2, 0.25) is 5.15 Å². The van der Waals surface area contributed by atoms with Crippen LogP contribution in [-0.2, 0) is 9.59 Å². The van der Waals surface area contributed by atoms with Gasteiger partial charge in [0.15, 0.2) is 5.65 Å². The molecule has 0 bridgehead atoms. The molecule has 1 saturated heterocycles. The summed E-state index contributed by atoms with van der Waals surface area (Å²) in [5.74, 6) is -0.940. The Bertz CT molecular complexity index is 652. The Morgan fingerprint density at radius 2 is 2.28 bits per heavy atom. The van der Waals surface area contributed by atoms with Crippen molar-refractivity contribution in [1.82, 2.24) is 19.9 Å². The molecular weight excluding hydrogens is 256 g/mol. The molecule has 1 unspecified atom stereocenters. The molecule has 2 aromatic rings. The number of amides is 2. The number of rotatable bonds is 1. The van der Waals surface area contributed by atoms with Crippen molar-refractivity contribution in [2.24, 2.45) is 0 Å². The molecule has 1 N–H and O–H groups in total. The van der Waals surface area contributed by atoms with E-state index in [0.717, 1.165) is 0 Å². The first kappa shape index (κ1) is 11.2. The summed E-state index contributed by atoms with van der Waals surface area (Å²) in [5, 5.41) is 6.96. The number of fused-ring (bicyclic) bond motifs is 1. The molecule has 1 aliphatic heterocycles. The van der Waals surface area contributed by atoms with Gasteiger partial charge in [-0.25, -0.2) is 9.50 Å². The molecule has 0 aliphatic carbocycles. The normalized spacial score (nSPS) is 20.2. The molecule has 92 valence electrons. The van der Waals surface area contributed by atoms with Crippen LogP contribution < -0.4 is 5.32 Å². The SMILES string of the molecule is O=C1CCC(c2cc3nc(Cl)ccn3n2)C(=O)N1. The number of hydrogen-bond acceptors (Lipinski definition) is 4. The monoisotopic (exact) mass is 264 g/mol. The lowest BCUT2D eigenvalue weighted by atomic mass is 9.95. The topological polar surface area (TPSA) is 76.4 Å². The average Bonchev–Trinajstić information content (AvgIpc) is 2.71. The van der Waals surface area contributed by atoms with Crippen molar-refractivity contribution >= 4 is 29.1 Å². The van der Waals surface area contributed by atoms with E-state index in [9.17, 15) is 9.59 Å². The lowest BCUT2D eigenvalue weighted by Crippen LogP contribution is -2.39. The van der Waals surface area contributed by atoms with Gasteiger partial charge in [-0.3, -0.25) is 14.9 Å². The van der Waals surface area contributed by atoms with E-state index in [4.69, 9.17) is 11.6 Å². The molecule has 3 rings (SSSR count). The van der Waals surface area contributed by atoms with Crippen LogP contribution in [0.25, 0.3) is 5.65 Å². The number of carbonyl (C=O) groups excluding carboxylic acids is 2. The average molecular weight is 265 g/mol. The van der Waals surface area contributed by atoms with Crippen LogP contribution in [0.1, 0.15) is 24.5 Å². The van der Waals surface area contributed by atoms with Gasteiger partial charge in [0.25, 0.3) is 0 Å². The summed E-state index contributed by atoms with van der Waals surface area (Å²) in [6.45, 7) is 0. The third-order valence-corrected chi connectivity index (χ3v) is 3.12. The van der Waals surface area contributed by atoms with Crippen molar-refractivity contribution in [2.45, 2.75) is 18.8 Å². The van der Waals surface area contributed by atoms with Crippen molar-refractivity contribution in [1.29, 1.82) is 0 Å². The van der Waals surface area contributed by atoms with E-state index >= 15 is 0 Å². The van der Waals surface area contributed by atoms with Crippen molar-refractivity contribution in [3.05, 3.63) is 29.2 Å². The maximum absolute atomic E-state index is 11.7. The van der Waals surface area contributed by atoms with E-state index < -0.39 is 5.92 Å². The van der Waals surface area contributed by atoms with Gasteiger partial charge in [0.2, 0.25) is 11.8 Å².